The van der Waals surface area contributed by atoms with Crippen molar-refractivity contribution in [3.8, 4) is 0 Å². The van der Waals surface area contributed by atoms with Crippen LogP contribution in [0.25, 0.3) is 0 Å². The van der Waals surface area contributed by atoms with Gasteiger partial charge in [0.2, 0.25) is 0 Å². The van der Waals surface area contributed by atoms with E-state index in [9.17, 15) is 4.79 Å². The van der Waals surface area contributed by atoms with Crippen molar-refractivity contribution in [1.82, 2.24) is 0 Å². The van der Waals surface area contributed by atoms with Crippen LogP contribution >= 0.6 is 23.5 Å². The van der Waals surface area contributed by atoms with Gasteiger partial charge in [0, 0.05) is 16.9 Å². The molecule has 146 valence electrons. The van der Waals surface area contributed by atoms with Gasteiger partial charge in [-0.2, -0.15) is 23.5 Å². The Labute approximate surface area is 163 Å². The summed E-state index contributed by atoms with van der Waals surface area (Å²) in [5.41, 5.74) is 0. The molecule has 0 unspecified atom stereocenters. The molecule has 0 spiro atoms. The van der Waals surface area contributed by atoms with Gasteiger partial charge in [0.1, 0.15) is 0 Å². The summed E-state index contributed by atoms with van der Waals surface area (Å²) >= 11 is 4.50. The van der Waals surface area contributed by atoms with Gasteiger partial charge in [0.15, 0.2) is 0 Å². The molecule has 0 aromatic heterocycles. The summed E-state index contributed by atoms with van der Waals surface area (Å²) in [4.78, 5) is 10.6. The molecular formula is C21H38O2S2. The standard InChI is InChI=1S/C21H38O2S2/c1-2-3-4-9-15-24-16-14-18-17(19-12-13-20(18)25-19)10-7-5-6-8-11-21(22)23/h17-20H,2-16H2,1H3,(H,22,23)/t17-,18+,19-,20+/m1/s1. The number of hydrogen-bond acceptors (Lipinski definition) is 3. The fourth-order valence-corrected chi connectivity index (χ4v) is 7.76. The lowest BCUT2D eigenvalue weighted by atomic mass is 9.75. The molecule has 2 fully saturated rings. The van der Waals surface area contributed by atoms with Crippen molar-refractivity contribution in [2.45, 2.75) is 101 Å². The average Bonchev–Trinajstić information content (AvgIpc) is 3.19. The maximum absolute atomic E-state index is 10.6. The summed E-state index contributed by atoms with van der Waals surface area (Å²) in [6, 6.07) is 0. The highest BCUT2D eigenvalue weighted by atomic mass is 32.2. The molecule has 0 amide bonds. The fourth-order valence-electron chi connectivity index (χ4n) is 4.63. The van der Waals surface area contributed by atoms with E-state index < -0.39 is 5.97 Å². The van der Waals surface area contributed by atoms with Crippen molar-refractivity contribution in [3.05, 3.63) is 0 Å². The Balaban J connectivity index is 1.57. The molecule has 2 rings (SSSR count). The smallest absolute Gasteiger partial charge is 0.303 e. The molecule has 4 atom stereocenters. The van der Waals surface area contributed by atoms with E-state index in [-0.39, 0.29) is 0 Å². The highest BCUT2D eigenvalue weighted by Crippen LogP contribution is 2.55. The summed E-state index contributed by atoms with van der Waals surface area (Å²) < 4.78 is 0. The normalized spacial score (nSPS) is 27.9. The lowest BCUT2D eigenvalue weighted by Crippen LogP contribution is -2.27. The van der Waals surface area contributed by atoms with Crippen LogP contribution in [0.1, 0.15) is 90.4 Å². The summed E-state index contributed by atoms with van der Waals surface area (Å²) in [6.07, 6.45) is 16.2. The second-order valence-electron chi connectivity index (χ2n) is 7.93. The average molecular weight is 387 g/mol. The first kappa shape index (κ1) is 21.5. The molecule has 0 aliphatic carbocycles. The molecular weight excluding hydrogens is 348 g/mol. The summed E-state index contributed by atoms with van der Waals surface area (Å²) in [5.74, 6) is 4.03. The third-order valence-corrected chi connectivity index (χ3v) is 8.98. The van der Waals surface area contributed by atoms with Gasteiger partial charge in [0.25, 0.3) is 0 Å². The first-order chi connectivity index (χ1) is 12.2. The minimum absolute atomic E-state index is 0.349. The van der Waals surface area contributed by atoms with Crippen molar-refractivity contribution in [2.75, 3.05) is 11.5 Å². The van der Waals surface area contributed by atoms with Crippen molar-refractivity contribution < 1.29 is 9.90 Å². The van der Waals surface area contributed by atoms with Gasteiger partial charge in [-0.3, -0.25) is 4.79 Å². The van der Waals surface area contributed by atoms with Crippen LogP contribution in [0.3, 0.4) is 0 Å². The molecule has 2 heterocycles. The van der Waals surface area contributed by atoms with E-state index in [2.05, 4.69) is 30.4 Å². The third-order valence-electron chi connectivity index (χ3n) is 6.01. The van der Waals surface area contributed by atoms with E-state index in [4.69, 9.17) is 5.11 Å². The van der Waals surface area contributed by atoms with Crippen molar-refractivity contribution >= 4 is 29.5 Å². The molecule has 0 aromatic carbocycles. The Kier molecular flexibility index (Phi) is 10.8. The van der Waals surface area contributed by atoms with Crippen LogP contribution < -0.4 is 0 Å². The van der Waals surface area contributed by atoms with Crippen LogP contribution in [0, 0.1) is 11.8 Å². The van der Waals surface area contributed by atoms with E-state index in [0.29, 0.717) is 6.42 Å². The minimum Gasteiger partial charge on any atom is -0.481 e. The van der Waals surface area contributed by atoms with Crippen molar-refractivity contribution in [3.63, 3.8) is 0 Å². The predicted octanol–water partition coefficient (Wildman–Crippen LogP) is 6.63. The quantitative estimate of drug-likeness (QED) is 0.321. The van der Waals surface area contributed by atoms with Gasteiger partial charge in [0.05, 0.1) is 0 Å². The number of fused-ring (bicyclic) bond motifs is 2. The zero-order valence-corrected chi connectivity index (χ0v) is 17.7. The number of carbonyl (C=O) groups is 1. The zero-order valence-electron chi connectivity index (χ0n) is 16.1. The second-order valence-corrected chi connectivity index (χ2v) is 10.6. The molecule has 25 heavy (non-hydrogen) atoms. The monoisotopic (exact) mass is 386 g/mol. The SMILES string of the molecule is CCCCCCSCC[C@H]1[C@@H](CCCCCCC(=O)O)[C@H]2CC[C@@H]1S2. The topological polar surface area (TPSA) is 37.3 Å². The largest absolute Gasteiger partial charge is 0.481 e. The Morgan fingerprint density at radius 3 is 2.32 bits per heavy atom. The van der Waals surface area contributed by atoms with Gasteiger partial charge >= 0.3 is 5.97 Å². The Hall–Kier alpha value is 0.170. The number of aliphatic carboxylic acids is 1. The van der Waals surface area contributed by atoms with Gasteiger partial charge in [-0.1, -0.05) is 45.4 Å². The third kappa shape index (κ3) is 7.74. The first-order valence-electron chi connectivity index (χ1n) is 10.7. The van der Waals surface area contributed by atoms with Crippen LogP contribution in [0.15, 0.2) is 0 Å². The lowest BCUT2D eigenvalue weighted by Gasteiger charge is -2.30. The van der Waals surface area contributed by atoms with Crippen LogP contribution in [0.2, 0.25) is 0 Å². The summed E-state index contributed by atoms with van der Waals surface area (Å²) in [6.45, 7) is 2.28. The maximum Gasteiger partial charge on any atom is 0.303 e. The molecule has 0 aromatic rings. The minimum atomic E-state index is -0.642. The zero-order chi connectivity index (χ0) is 17.9. The van der Waals surface area contributed by atoms with Gasteiger partial charge in [-0.25, -0.2) is 0 Å². The number of unbranched alkanes of at least 4 members (excludes halogenated alkanes) is 6. The Bertz CT molecular complexity index is 375. The fraction of sp³-hybridized carbons (Fsp3) is 0.952. The molecule has 2 aliphatic rings. The molecule has 2 saturated heterocycles. The Morgan fingerprint density at radius 2 is 1.60 bits per heavy atom. The Morgan fingerprint density at radius 1 is 0.920 bits per heavy atom. The lowest BCUT2D eigenvalue weighted by molar-refractivity contribution is -0.137. The highest BCUT2D eigenvalue weighted by Gasteiger charge is 2.47. The van der Waals surface area contributed by atoms with Crippen LogP contribution in [0.4, 0.5) is 0 Å². The van der Waals surface area contributed by atoms with Crippen LogP contribution in [-0.4, -0.2) is 33.1 Å². The maximum atomic E-state index is 10.6. The van der Waals surface area contributed by atoms with Crippen molar-refractivity contribution in [1.29, 1.82) is 0 Å². The van der Waals surface area contributed by atoms with Gasteiger partial charge in [-0.15, -0.1) is 0 Å². The predicted molar refractivity (Wildman–Crippen MR) is 113 cm³/mol. The number of carboxylic acid groups (broad SMARTS) is 1. The molecule has 2 bridgehead atoms. The summed E-state index contributed by atoms with van der Waals surface area (Å²) in [7, 11) is 0. The van der Waals surface area contributed by atoms with Crippen molar-refractivity contribution in [2.24, 2.45) is 11.8 Å². The van der Waals surface area contributed by atoms with Gasteiger partial charge < -0.3 is 5.11 Å². The van der Waals surface area contributed by atoms with Crippen LogP contribution in [0.5, 0.6) is 0 Å². The van der Waals surface area contributed by atoms with E-state index in [1.165, 1.54) is 75.7 Å². The molecule has 2 nitrogen and oxygen atoms in total. The molecule has 0 saturated carbocycles. The van der Waals surface area contributed by atoms with E-state index in [1.807, 2.05) is 0 Å². The number of rotatable bonds is 15. The van der Waals surface area contributed by atoms with E-state index >= 15 is 0 Å². The van der Waals surface area contributed by atoms with Crippen LogP contribution in [-0.2, 0) is 4.79 Å². The highest BCUT2D eigenvalue weighted by molar-refractivity contribution is 8.01. The number of thioether (sulfide) groups is 2. The number of hydrogen-bond donors (Lipinski definition) is 1. The molecule has 4 heteroatoms. The first-order valence-corrected chi connectivity index (χ1v) is 12.8. The second kappa shape index (κ2) is 12.5. The molecule has 2 aliphatic heterocycles. The van der Waals surface area contributed by atoms with Gasteiger partial charge in [-0.05, 0) is 61.9 Å². The molecule has 1 N–H and O–H groups in total. The van der Waals surface area contributed by atoms with E-state index in [0.717, 1.165) is 35.2 Å². The molecule has 0 radical (unpaired) electrons. The number of carboxylic acids is 1. The van der Waals surface area contributed by atoms with E-state index in [1.54, 1.807) is 0 Å². The summed E-state index contributed by atoms with van der Waals surface area (Å²) in [5, 5.41) is 10.6.